The van der Waals surface area contributed by atoms with E-state index in [4.69, 9.17) is 33.0 Å². The fraction of sp³-hybridized carbons (Fsp3) is 0.500. The van der Waals surface area contributed by atoms with Crippen molar-refractivity contribution in [3.8, 4) is 5.75 Å². The minimum atomic E-state index is -0.722. The molecule has 106 valence electrons. The first-order valence-corrected chi connectivity index (χ1v) is 7.15. The summed E-state index contributed by atoms with van der Waals surface area (Å²) in [7, 11) is 0. The lowest BCUT2D eigenvalue weighted by Crippen LogP contribution is -1.98. The molecule has 19 heavy (non-hydrogen) atoms. The van der Waals surface area contributed by atoms with E-state index in [0.717, 1.165) is 32.1 Å². The van der Waals surface area contributed by atoms with Crippen molar-refractivity contribution >= 4 is 29.2 Å². The Bertz CT molecular complexity index is 408. The van der Waals surface area contributed by atoms with E-state index < -0.39 is 5.97 Å². The van der Waals surface area contributed by atoms with Crippen molar-refractivity contribution in [3.05, 3.63) is 28.2 Å². The van der Waals surface area contributed by atoms with E-state index in [2.05, 4.69) is 0 Å². The van der Waals surface area contributed by atoms with Crippen LogP contribution in [0.3, 0.4) is 0 Å². The van der Waals surface area contributed by atoms with Crippen molar-refractivity contribution in [2.75, 3.05) is 6.61 Å². The highest BCUT2D eigenvalue weighted by molar-refractivity contribution is 6.35. The Morgan fingerprint density at radius 1 is 1.11 bits per heavy atom. The van der Waals surface area contributed by atoms with E-state index in [1.165, 1.54) is 0 Å². The molecule has 0 fully saturated rings. The van der Waals surface area contributed by atoms with Crippen LogP contribution in [0.4, 0.5) is 0 Å². The molecule has 1 aromatic rings. The normalized spacial score (nSPS) is 10.4. The number of unbranched alkanes of at least 4 members (excludes halogenated alkanes) is 4. The summed E-state index contributed by atoms with van der Waals surface area (Å²) < 4.78 is 5.55. The molecule has 3 nitrogen and oxygen atoms in total. The molecule has 1 aromatic carbocycles. The van der Waals surface area contributed by atoms with E-state index in [1.807, 2.05) is 0 Å². The van der Waals surface area contributed by atoms with E-state index in [-0.39, 0.29) is 6.42 Å². The van der Waals surface area contributed by atoms with Crippen LogP contribution in [0, 0.1) is 0 Å². The molecule has 1 N–H and O–H groups in total. The molecular weight excluding hydrogens is 287 g/mol. The third-order valence-corrected chi connectivity index (χ3v) is 3.22. The summed E-state index contributed by atoms with van der Waals surface area (Å²) >= 11 is 11.8. The molecule has 0 radical (unpaired) electrons. The lowest BCUT2D eigenvalue weighted by Gasteiger charge is -2.08. The third kappa shape index (κ3) is 7.28. The first kappa shape index (κ1) is 16.1. The fourth-order valence-electron chi connectivity index (χ4n) is 1.68. The summed E-state index contributed by atoms with van der Waals surface area (Å²) in [5.74, 6) is -0.0716. The van der Waals surface area contributed by atoms with Crippen molar-refractivity contribution in [3.63, 3.8) is 0 Å². The van der Waals surface area contributed by atoms with Crippen molar-refractivity contribution in [2.45, 2.75) is 38.5 Å². The quantitative estimate of drug-likeness (QED) is 0.667. The van der Waals surface area contributed by atoms with E-state index in [0.29, 0.717) is 22.4 Å². The zero-order chi connectivity index (χ0) is 14.1. The highest BCUT2D eigenvalue weighted by Crippen LogP contribution is 2.27. The molecule has 0 saturated carbocycles. The molecular formula is C14H18Cl2O3. The lowest BCUT2D eigenvalue weighted by molar-refractivity contribution is -0.137. The first-order valence-electron chi connectivity index (χ1n) is 6.39. The van der Waals surface area contributed by atoms with Crippen molar-refractivity contribution in [1.29, 1.82) is 0 Å². The second-order valence-electron chi connectivity index (χ2n) is 4.33. The van der Waals surface area contributed by atoms with Crippen LogP contribution < -0.4 is 4.74 Å². The summed E-state index contributed by atoms with van der Waals surface area (Å²) in [5, 5.41) is 9.60. The van der Waals surface area contributed by atoms with Crippen molar-refractivity contribution in [1.82, 2.24) is 0 Å². The standard InChI is InChI=1S/C14H18Cl2O3/c15-11-7-8-13(12(16)10-11)19-9-5-3-1-2-4-6-14(17)18/h7-8,10H,1-6,9H2,(H,17,18). The van der Waals surface area contributed by atoms with Gasteiger partial charge in [-0.25, -0.2) is 0 Å². The minimum Gasteiger partial charge on any atom is -0.492 e. The number of benzene rings is 1. The van der Waals surface area contributed by atoms with Crippen LogP contribution in [0.5, 0.6) is 5.75 Å². The molecule has 0 spiro atoms. The number of carbonyl (C=O) groups is 1. The highest BCUT2D eigenvalue weighted by Gasteiger charge is 2.02. The van der Waals surface area contributed by atoms with Crippen LogP contribution in [0.15, 0.2) is 18.2 Å². The van der Waals surface area contributed by atoms with Crippen LogP contribution in [0.2, 0.25) is 10.0 Å². The van der Waals surface area contributed by atoms with Gasteiger partial charge in [0.05, 0.1) is 11.6 Å². The van der Waals surface area contributed by atoms with Crippen molar-refractivity contribution in [2.24, 2.45) is 0 Å². The van der Waals surface area contributed by atoms with Crippen molar-refractivity contribution < 1.29 is 14.6 Å². The first-order chi connectivity index (χ1) is 9.09. The number of aliphatic carboxylic acids is 1. The summed E-state index contributed by atoms with van der Waals surface area (Å²) in [6.07, 6.45) is 4.96. The predicted molar refractivity (Wildman–Crippen MR) is 77.3 cm³/mol. The molecule has 5 heteroatoms. The van der Waals surface area contributed by atoms with Gasteiger partial charge in [-0.2, -0.15) is 0 Å². The van der Waals surface area contributed by atoms with Crippen LogP contribution in [0.1, 0.15) is 38.5 Å². The Labute approximate surface area is 123 Å². The van der Waals surface area contributed by atoms with Gasteiger partial charge < -0.3 is 9.84 Å². The molecule has 0 bridgehead atoms. The number of halogens is 2. The average molecular weight is 305 g/mol. The minimum absolute atomic E-state index is 0.261. The van der Waals surface area contributed by atoms with Gasteiger partial charge >= 0.3 is 5.97 Å². The number of hydrogen-bond donors (Lipinski definition) is 1. The zero-order valence-corrected chi connectivity index (χ0v) is 12.2. The lowest BCUT2D eigenvalue weighted by atomic mass is 10.1. The van der Waals surface area contributed by atoms with E-state index in [1.54, 1.807) is 18.2 Å². The topological polar surface area (TPSA) is 46.5 Å². The SMILES string of the molecule is O=C(O)CCCCCCCOc1ccc(Cl)cc1Cl. The van der Waals surface area contributed by atoms with E-state index >= 15 is 0 Å². The van der Waals surface area contributed by atoms with Gasteiger partial charge in [0.15, 0.2) is 0 Å². The number of carboxylic acid groups (broad SMARTS) is 1. The molecule has 0 saturated heterocycles. The Hall–Kier alpha value is -0.930. The molecule has 0 aliphatic rings. The molecule has 0 heterocycles. The van der Waals surface area contributed by atoms with Crippen LogP contribution >= 0.6 is 23.2 Å². The maximum absolute atomic E-state index is 10.3. The highest BCUT2D eigenvalue weighted by atomic mass is 35.5. The van der Waals surface area contributed by atoms with E-state index in [9.17, 15) is 4.79 Å². The van der Waals surface area contributed by atoms with Gasteiger partial charge in [-0.1, -0.05) is 42.5 Å². The van der Waals surface area contributed by atoms with Crippen LogP contribution in [-0.4, -0.2) is 17.7 Å². The number of rotatable bonds is 9. The molecule has 0 aromatic heterocycles. The summed E-state index contributed by atoms with van der Waals surface area (Å²) in [6.45, 7) is 0.611. The van der Waals surface area contributed by atoms with Gasteiger partial charge in [0, 0.05) is 11.4 Å². The summed E-state index contributed by atoms with van der Waals surface area (Å²) in [4.78, 5) is 10.3. The summed E-state index contributed by atoms with van der Waals surface area (Å²) in [5.41, 5.74) is 0. The summed E-state index contributed by atoms with van der Waals surface area (Å²) in [6, 6.07) is 5.16. The van der Waals surface area contributed by atoms with Gasteiger partial charge in [-0.05, 0) is 31.0 Å². The number of ether oxygens (including phenoxy) is 1. The Kier molecular flexibility index (Phi) is 7.68. The Morgan fingerprint density at radius 2 is 1.79 bits per heavy atom. The van der Waals surface area contributed by atoms with Gasteiger partial charge in [0.1, 0.15) is 5.75 Å². The third-order valence-electron chi connectivity index (χ3n) is 2.69. The monoisotopic (exact) mass is 304 g/mol. The zero-order valence-electron chi connectivity index (χ0n) is 10.7. The van der Waals surface area contributed by atoms with Gasteiger partial charge in [0.25, 0.3) is 0 Å². The number of hydrogen-bond acceptors (Lipinski definition) is 2. The maximum atomic E-state index is 10.3. The molecule has 1 rings (SSSR count). The average Bonchev–Trinajstić information content (AvgIpc) is 2.34. The second-order valence-corrected chi connectivity index (χ2v) is 5.18. The molecule has 0 amide bonds. The van der Waals surface area contributed by atoms with Gasteiger partial charge in [0.2, 0.25) is 0 Å². The molecule has 0 aliphatic heterocycles. The Morgan fingerprint density at radius 3 is 2.47 bits per heavy atom. The largest absolute Gasteiger partial charge is 0.492 e. The molecule has 0 atom stereocenters. The van der Waals surface area contributed by atoms with Gasteiger partial charge in [-0.15, -0.1) is 0 Å². The smallest absolute Gasteiger partial charge is 0.303 e. The number of carboxylic acids is 1. The predicted octanol–water partition coefficient (Wildman–Crippen LogP) is 4.80. The fourth-order valence-corrected chi connectivity index (χ4v) is 2.15. The van der Waals surface area contributed by atoms with Crippen LogP contribution in [0.25, 0.3) is 0 Å². The molecule has 0 aliphatic carbocycles. The molecule has 0 unspecified atom stereocenters. The maximum Gasteiger partial charge on any atom is 0.303 e. The Balaban J connectivity index is 2.06. The van der Waals surface area contributed by atoms with Crippen LogP contribution in [-0.2, 0) is 4.79 Å². The second kappa shape index (κ2) is 9.05. The van der Waals surface area contributed by atoms with Gasteiger partial charge in [-0.3, -0.25) is 4.79 Å².